The fourth-order valence-corrected chi connectivity index (χ4v) is 3.08. The van der Waals surface area contributed by atoms with Crippen molar-refractivity contribution >= 4 is 0 Å². The number of nitrogens with zero attached hydrogens (tertiary/aromatic N) is 2. The molecule has 0 saturated heterocycles. The van der Waals surface area contributed by atoms with Crippen molar-refractivity contribution in [2.75, 3.05) is 46.8 Å². The molecule has 0 aliphatic heterocycles. The SMILES string of the molecule is CCN(CCNCC1CCCC1)C(C)CN(C)C. The fraction of sp³-hybridized carbons (Fsp3) is 1.00. The van der Waals surface area contributed by atoms with Crippen molar-refractivity contribution in [3.8, 4) is 0 Å². The molecule has 0 amide bonds. The predicted molar refractivity (Wildman–Crippen MR) is 80.1 cm³/mol. The van der Waals surface area contributed by atoms with E-state index in [0.29, 0.717) is 6.04 Å². The second-order valence-electron chi connectivity index (χ2n) is 6.09. The molecule has 1 N–H and O–H groups in total. The Labute approximate surface area is 114 Å². The highest BCUT2D eigenvalue weighted by atomic mass is 15.2. The molecular formula is C15H33N3. The van der Waals surface area contributed by atoms with Gasteiger partial charge in [0.15, 0.2) is 0 Å². The van der Waals surface area contributed by atoms with Gasteiger partial charge in [0, 0.05) is 25.7 Å². The van der Waals surface area contributed by atoms with Crippen LogP contribution in [0, 0.1) is 5.92 Å². The van der Waals surface area contributed by atoms with Gasteiger partial charge in [-0.2, -0.15) is 0 Å². The molecule has 3 heteroatoms. The molecule has 1 saturated carbocycles. The fourth-order valence-electron chi connectivity index (χ4n) is 3.08. The number of likely N-dealkylation sites (N-methyl/N-ethyl adjacent to an activating group) is 2. The summed E-state index contributed by atoms with van der Waals surface area (Å²) < 4.78 is 0. The molecule has 0 aromatic heterocycles. The van der Waals surface area contributed by atoms with Crippen LogP contribution in [0.1, 0.15) is 39.5 Å². The zero-order chi connectivity index (χ0) is 13.4. The molecule has 0 spiro atoms. The number of hydrogen-bond acceptors (Lipinski definition) is 3. The van der Waals surface area contributed by atoms with Gasteiger partial charge < -0.3 is 10.2 Å². The van der Waals surface area contributed by atoms with Crippen LogP contribution in [-0.2, 0) is 0 Å². The zero-order valence-corrected chi connectivity index (χ0v) is 12.9. The van der Waals surface area contributed by atoms with Crippen molar-refractivity contribution in [1.29, 1.82) is 0 Å². The van der Waals surface area contributed by atoms with Crippen molar-refractivity contribution in [2.45, 2.75) is 45.6 Å². The van der Waals surface area contributed by atoms with Crippen molar-refractivity contribution in [3.63, 3.8) is 0 Å². The van der Waals surface area contributed by atoms with Gasteiger partial charge in [0.1, 0.15) is 0 Å². The molecule has 0 aromatic rings. The first kappa shape index (κ1) is 15.9. The summed E-state index contributed by atoms with van der Waals surface area (Å²) in [5, 5.41) is 3.65. The number of hydrogen-bond donors (Lipinski definition) is 1. The van der Waals surface area contributed by atoms with E-state index in [-0.39, 0.29) is 0 Å². The van der Waals surface area contributed by atoms with E-state index in [4.69, 9.17) is 0 Å². The van der Waals surface area contributed by atoms with Crippen LogP contribution in [-0.4, -0.2) is 62.7 Å². The summed E-state index contributed by atoms with van der Waals surface area (Å²) in [6.45, 7) is 10.5. The number of rotatable bonds is 9. The average molecular weight is 255 g/mol. The van der Waals surface area contributed by atoms with Crippen molar-refractivity contribution in [2.24, 2.45) is 5.92 Å². The predicted octanol–water partition coefficient (Wildman–Crippen LogP) is 2.04. The molecule has 1 atom stereocenters. The van der Waals surface area contributed by atoms with E-state index in [1.54, 1.807) is 0 Å². The van der Waals surface area contributed by atoms with E-state index in [1.807, 2.05) is 0 Å². The van der Waals surface area contributed by atoms with Crippen molar-refractivity contribution in [3.05, 3.63) is 0 Å². The summed E-state index contributed by atoms with van der Waals surface area (Å²) in [5.41, 5.74) is 0. The topological polar surface area (TPSA) is 18.5 Å². The van der Waals surface area contributed by atoms with E-state index < -0.39 is 0 Å². The average Bonchev–Trinajstić information content (AvgIpc) is 2.81. The Hall–Kier alpha value is -0.120. The van der Waals surface area contributed by atoms with Gasteiger partial charge in [-0.15, -0.1) is 0 Å². The standard InChI is InChI=1S/C15H33N3/c1-5-18(14(2)13-17(3)4)11-10-16-12-15-8-6-7-9-15/h14-16H,5-13H2,1-4H3. The van der Waals surface area contributed by atoms with E-state index in [9.17, 15) is 0 Å². The maximum absolute atomic E-state index is 3.65. The van der Waals surface area contributed by atoms with Gasteiger partial charge >= 0.3 is 0 Å². The van der Waals surface area contributed by atoms with Crippen LogP contribution in [0.25, 0.3) is 0 Å². The normalized spacial score (nSPS) is 19.0. The minimum absolute atomic E-state index is 0.651. The minimum atomic E-state index is 0.651. The Kier molecular flexibility index (Phi) is 7.87. The molecule has 0 aromatic carbocycles. The molecular weight excluding hydrogens is 222 g/mol. The largest absolute Gasteiger partial charge is 0.315 e. The lowest BCUT2D eigenvalue weighted by molar-refractivity contribution is 0.181. The van der Waals surface area contributed by atoms with E-state index in [1.165, 1.54) is 38.8 Å². The van der Waals surface area contributed by atoms with Crippen LogP contribution >= 0.6 is 0 Å². The lowest BCUT2D eigenvalue weighted by Crippen LogP contribution is -2.43. The van der Waals surface area contributed by atoms with Crippen LogP contribution in [0.4, 0.5) is 0 Å². The van der Waals surface area contributed by atoms with E-state index in [2.05, 4.69) is 43.1 Å². The summed E-state index contributed by atoms with van der Waals surface area (Å²) in [7, 11) is 4.31. The van der Waals surface area contributed by atoms with Crippen LogP contribution in [0.3, 0.4) is 0 Å². The zero-order valence-electron chi connectivity index (χ0n) is 12.9. The third kappa shape index (κ3) is 6.17. The Bertz CT molecular complexity index is 200. The Morgan fingerprint density at radius 3 is 2.44 bits per heavy atom. The lowest BCUT2D eigenvalue weighted by atomic mass is 10.1. The molecule has 3 nitrogen and oxygen atoms in total. The van der Waals surface area contributed by atoms with Gasteiger partial charge in [-0.1, -0.05) is 19.8 Å². The van der Waals surface area contributed by atoms with E-state index in [0.717, 1.165) is 25.6 Å². The third-order valence-corrected chi connectivity index (χ3v) is 4.14. The van der Waals surface area contributed by atoms with Crippen LogP contribution in [0.2, 0.25) is 0 Å². The molecule has 0 heterocycles. The first-order chi connectivity index (χ1) is 8.63. The third-order valence-electron chi connectivity index (χ3n) is 4.14. The molecule has 1 unspecified atom stereocenters. The maximum Gasteiger partial charge on any atom is 0.0195 e. The summed E-state index contributed by atoms with van der Waals surface area (Å²) in [6.07, 6.45) is 5.80. The quantitative estimate of drug-likeness (QED) is 0.636. The Morgan fingerprint density at radius 2 is 1.89 bits per heavy atom. The van der Waals surface area contributed by atoms with Gasteiger partial charge in [-0.3, -0.25) is 4.90 Å². The second-order valence-corrected chi connectivity index (χ2v) is 6.09. The lowest BCUT2D eigenvalue weighted by Gasteiger charge is -2.30. The molecule has 1 aliphatic rings. The number of nitrogens with one attached hydrogen (secondary N) is 1. The summed E-state index contributed by atoms with van der Waals surface area (Å²) in [4.78, 5) is 4.85. The molecule has 18 heavy (non-hydrogen) atoms. The summed E-state index contributed by atoms with van der Waals surface area (Å²) in [6, 6.07) is 0.651. The molecule has 108 valence electrons. The molecule has 1 aliphatic carbocycles. The van der Waals surface area contributed by atoms with Crippen LogP contribution in [0.5, 0.6) is 0 Å². The van der Waals surface area contributed by atoms with Crippen LogP contribution < -0.4 is 5.32 Å². The monoisotopic (exact) mass is 255 g/mol. The molecule has 1 rings (SSSR count). The Balaban J connectivity index is 2.10. The maximum atomic E-state index is 3.65. The first-order valence-electron chi connectivity index (χ1n) is 7.73. The smallest absolute Gasteiger partial charge is 0.0195 e. The molecule has 0 bridgehead atoms. The molecule has 0 radical (unpaired) electrons. The van der Waals surface area contributed by atoms with Gasteiger partial charge in [-0.25, -0.2) is 0 Å². The highest BCUT2D eigenvalue weighted by Crippen LogP contribution is 2.23. The highest BCUT2D eigenvalue weighted by Gasteiger charge is 2.15. The first-order valence-corrected chi connectivity index (χ1v) is 7.73. The Morgan fingerprint density at radius 1 is 1.22 bits per heavy atom. The van der Waals surface area contributed by atoms with Crippen molar-refractivity contribution in [1.82, 2.24) is 15.1 Å². The van der Waals surface area contributed by atoms with Gasteiger partial charge in [0.25, 0.3) is 0 Å². The minimum Gasteiger partial charge on any atom is -0.315 e. The van der Waals surface area contributed by atoms with Crippen molar-refractivity contribution < 1.29 is 0 Å². The summed E-state index contributed by atoms with van der Waals surface area (Å²) in [5.74, 6) is 0.958. The highest BCUT2D eigenvalue weighted by molar-refractivity contribution is 4.72. The van der Waals surface area contributed by atoms with Gasteiger partial charge in [-0.05, 0) is 52.9 Å². The second kappa shape index (κ2) is 8.89. The summed E-state index contributed by atoms with van der Waals surface area (Å²) >= 11 is 0. The van der Waals surface area contributed by atoms with Gasteiger partial charge in [0.05, 0.1) is 0 Å². The van der Waals surface area contributed by atoms with Crippen LogP contribution in [0.15, 0.2) is 0 Å². The van der Waals surface area contributed by atoms with E-state index >= 15 is 0 Å². The van der Waals surface area contributed by atoms with Gasteiger partial charge in [0.2, 0.25) is 0 Å². The molecule has 1 fully saturated rings.